The highest BCUT2D eigenvalue weighted by molar-refractivity contribution is 5.27. The second-order valence-electron chi connectivity index (χ2n) is 5.51. The zero-order valence-electron chi connectivity index (χ0n) is 13.7. The molecule has 0 radical (unpaired) electrons. The summed E-state index contributed by atoms with van der Waals surface area (Å²) in [5.41, 5.74) is 4.00. The van der Waals surface area contributed by atoms with E-state index < -0.39 is 0 Å². The fourth-order valence-corrected chi connectivity index (χ4v) is 3.01. The van der Waals surface area contributed by atoms with Crippen LogP contribution in [0.2, 0.25) is 0 Å². The molecular weight excluding hydrogens is 234 g/mol. The molecule has 0 saturated carbocycles. The monoisotopic (exact) mass is 265 g/mol. The Morgan fingerprint density at radius 1 is 1.05 bits per heavy atom. The molecule has 110 valence electrons. The van der Waals surface area contributed by atoms with Crippen molar-refractivity contribution >= 4 is 0 Å². The van der Waals surface area contributed by atoms with Gasteiger partial charge in [-0.3, -0.25) is 4.68 Å². The van der Waals surface area contributed by atoms with Gasteiger partial charge in [0.15, 0.2) is 0 Å². The van der Waals surface area contributed by atoms with Gasteiger partial charge in [0.1, 0.15) is 0 Å². The smallest absolute Gasteiger partial charge is 0.0631 e. The Bertz CT molecular complexity index is 374. The van der Waals surface area contributed by atoms with E-state index in [1.165, 1.54) is 42.9 Å². The van der Waals surface area contributed by atoms with Crippen LogP contribution in [0.5, 0.6) is 0 Å². The van der Waals surface area contributed by atoms with Crippen LogP contribution in [0.3, 0.4) is 0 Å². The molecule has 0 N–H and O–H groups in total. The topological polar surface area (TPSA) is 21.1 Å². The van der Waals surface area contributed by atoms with Gasteiger partial charge < -0.3 is 4.90 Å². The number of aryl methyl sites for hydroxylation is 1. The van der Waals surface area contributed by atoms with Crippen molar-refractivity contribution in [2.75, 3.05) is 19.6 Å². The third-order valence-electron chi connectivity index (χ3n) is 3.84. The molecule has 3 heteroatoms. The second kappa shape index (κ2) is 7.68. The third-order valence-corrected chi connectivity index (χ3v) is 3.84. The molecular formula is C16H31N3. The molecule has 0 aliphatic carbocycles. The lowest BCUT2D eigenvalue weighted by atomic mass is 10.0. The molecule has 1 saturated heterocycles. The molecule has 19 heavy (non-hydrogen) atoms. The van der Waals surface area contributed by atoms with Crippen molar-refractivity contribution in [1.82, 2.24) is 14.7 Å². The normalized spacial score (nSPS) is 15.7. The van der Waals surface area contributed by atoms with E-state index in [4.69, 9.17) is 0 Å². The molecule has 0 spiro atoms. The van der Waals surface area contributed by atoms with Crippen LogP contribution < -0.4 is 0 Å². The van der Waals surface area contributed by atoms with Gasteiger partial charge in [-0.05, 0) is 51.3 Å². The van der Waals surface area contributed by atoms with Gasteiger partial charge >= 0.3 is 0 Å². The summed E-state index contributed by atoms with van der Waals surface area (Å²) in [4.78, 5) is 2.55. The molecule has 3 nitrogen and oxygen atoms in total. The van der Waals surface area contributed by atoms with E-state index in [1.807, 2.05) is 13.8 Å². The predicted octanol–water partition coefficient (Wildman–Crippen LogP) is 3.75. The van der Waals surface area contributed by atoms with Crippen molar-refractivity contribution in [3.05, 3.63) is 17.0 Å². The van der Waals surface area contributed by atoms with E-state index in [1.54, 1.807) is 0 Å². The SMILES string of the molecule is CC.Cc1nn(CCN2CCCC2)c(C)c1C(C)C. The van der Waals surface area contributed by atoms with Crippen LogP contribution in [0.1, 0.15) is 63.4 Å². The van der Waals surface area contributed by atoms with Crippen LogP contribution in [0, 0.1) is 13.8 Å². The van der Waals surface area contributed by atoms with Crippen molar-refractivity contribution in [2.45, 2.75) is 66.8 Å². The lowest BCUT2D eigenvalue weighted by Crippen LogP contribution is -2.24. The minimum Gasteiger partial charge on any atom is -0.301 e. The van der Waals surface area contributed by atoms with Crippen LogP contribution in [-0.4, -0.2) is 34.3 Å². The number of hydrogen-bond acceptors (Lipinski definition) is 2. The molecule has 1 aliphatic heterocycles. The molecule has 0 aromatic carbocycles. The summed E-state index contributed by atoms with van der Waals surface area (Å²) in [6, 6.07) is 0. The standard InChI is InChI=1S/C14H25N3.C2H6/c1-11(2)14-12(3)15-17(13(14)4)10-9-16-7-5-6-8-16;1-2/h11H,5-10H2,1-4H3;1-2H3. The van der Waals surface area contributed by atoms with Gasteiger partial charge in [-0.25, -0.2) is 0 Å². The Labute approximate surface area is 119 Å². The number of nitrogens with zero attached hydrogens (tertiary/aromatic N) is 3. The molecule has 1 aromatic rings. The van der Waals surface area contributed by atoms with Crippen LogP contribution in [0.4, 0.5) is 0 Å². The molecule has 1 aliphatic rings. The van der Waals surface area contributed by atoms with Gasteiger partial charge in [-0.2, -0.15) is 5.10 Å². The van der Waals surface area contributed by atoms with Crippen LogP contribution >= 0.6 is 0 Å². The lowest BCUT2D eigenvalue weighted by Gasteiger charge is -2.15. The molecule has 2 rings (SSSR count). The maximum Gasteiger partial charge on any atom is 0.0631 e. The largest absolute Gasteiger partial charge is 0.301 e. The van der Waals surface area contributed by atoms with E-state index in [0.29, 0.717) is 5.92 Å². The van der Waals surface area contributed by atoms with Crippen molar-refractivity contribution in [2.24, 2.45) is 0 Å². The van der Waals surface area contributed by atoms with Crippen LogP contribution in [0.25, 0.3) is 0 Å². The highest BCUT2D eigenvalue weighted by Crippen LogP contribution is 2.22. The van der Waals surface area contributed by atoms with Crippen molar-refractivity contribution in [3.63, 3.8) is 0 Å². The van der Waals surface area contributed by atoms with E-state index in [2.05, 4.69) is 42.4 Å². The highest BCUT2D eigenvalue weighted by atomic mass is 15.3. The van der Waals surface area contributed by atoms with E-state index in [0.717, 1.165) is 13.1 Å². The fraction of sp³-hybridized carbons (Fsp3) is 0.812. The molecule has 0 atom stereocenters. The highest BCUT2D eigenvalue weighted by Gasteiger charge is 2.16. The first kappa shape index (κ1) is 16.2. The second-order valence-corrected chi connectivity index (χ2v) is 5.51. The van der Waals surface area contributed by atoms with Gasteiger partial charge in [0.2, 0.25) is 0 Å². The Morgan fingerprint density at radius 3 is 2.11 bits per heavy atom. The fourth-order valence-electron chi connectivity index (χ4n) is 3.01. The van der Waals surface area contributed by atoms with Gasteiger partial charge in [-0.15, -0.1) is 0 Å². The minimum atomic E-state index is 0.579. The summed E-state index contributed by atoms with van der Waals surface area (Å²) in [5.74, 6) is 0.579. The molecule has 2 heterocycles. The number of rotatable bonds is 4. The zero-order chi connectivity index (χ0) is 14.4. The first-order valence-corrected chi connectivity index (χ1v) is 7.86. The zero-order valence-corrected chi connectivity index (χ0v) is 13.7. The van der Waals surface area contributed by atoms with E-state index in [9.17, 15) is 0 Å². The number of likely N-dealkylation sites (tertiary alicyclic amines) is 1. The van der Waals surface area contributed by atoms with E-state index >= 15 is 0 Å². The molecule has 1 aromatic heterocycles. The van der Waals surface area contributed by atoms with Gasteiger partial charge in [0.25, 0.3) is 0 Å². The summed E-state index contributed by atoms with van der Waals surface area (Å²) in [6.45, 7) is 17.6. The average molecular weight is 265 g/mol. The summed E-state index contributed by atoms with van der Waals surface area (Å²) in [7, 11) is 0. The Balaban J connectivity index is 0.000000861. The number of aromatic nitrogens is 2. The van der Waals surface area contributed by atoms with E-state index in [-0.39, 0.29) is 0 Å². The molecule has 0 bridgehead atoms. The van der Waals surface area contributed by atoms with Crippen molar-refractivity contribution in [3.8, 4) is 0 Å². The molecule has 0 unspecified atom stereocenters. The van der Waals surface area contributed by atoms with Crippen molar-refractivity contribution in [1.29, 1.82) is 0 Å². The quantitative estimate of drug-likeness (QED) is 0.827. The Kier molecular flexibility index (Phi) is 6.56. The van der Waals surface area contributed by atoms with Crippen LogP contribution in [0.15, 0.2) is 0 Å². The maximum absolute atomic E-state index is 4.68. The average Bonchev–Trinajstić information content (AvgIpc) is 2.97. The number of hydrogen-bond donors (Lipinski definition) is 0. The third kappa shape index (κ3) is 4.07. The lowest BCUT2D eigenvalue weighted by molar-refractivity contribution is 0.314. The van der Waals surface area contributed by atoms with Gasteiger partial charge in [0, 0.05) is 12.2 Å². The maximum atomic E-state index is 4.68. The summed E-state index contributed by atoms with van der Waals surface area (Å²) in [5, 5.41) is 4.68. The molecule has 0 amide bonds. The predicted molar refractivity (Wildman–Crippen MR) is 82.8 cm³/mol. The summed E-state index contributed by atoms with van der Waals surface area (Å²) < 4.78 is 2.20. The first-order valence-electron chi connectivity index (χ1n) is 7.86. The first-order chi connectivity index (χ1) is 9.09. The molecule has 1 fully saturated rings. The Hall–Kier alpha value is -0.830. The summed E-state index contributed by atoms with van der Waals surface area (Å²) >= 11 is 0. The Morgan fingerprint density at radius 2 is 1.63 bits per heavy atom. The minimum absolute atomic E-state index is 0.579. The van der Waals surface area contributed by atoms with Gasteiger partial charge in [0.05, 0.1) is 12.2 Å². The van der Waals surface area contributed by atoms with Crippen molar-refractivity contribution < 1.29 is 0 Å². The van der Waals surface area contributed by atoms with Gasteiger partial charge in [-0.1, -0.05) is 27.7 Å². The summed E-state index contributed by atoms with van der Waals surface area (Å²) in [6.07, 6.45) is 2.74. The van der Waals surface area contributed by atoms with Crippen LogP contribution in [-0.2, 0) is 6.54 Å².